The predicted octanol–water partition coefficient (Wildman–Crippen LogP) is 6.20. The third-order valence-corrected chi connectivity index (χ3v) is 6.56. The van der Waals surface area contributed by atoms with Crippen molar-refractivity contribution in [3.05, 3.63) is 112 Å². The Balaban J connectivity index is 1.65. The summed E-state index contributed by atoms with van der Waals surface area (Å²) < 4.78 is 2.03. The van der Waals surface area contributed by atoms with Crippen LogP contribution in [0.4, 0.5) is 0 Å². The number of hydrogen-bond donors (Lipinski definition) is 0. The number of allylic oxidation sites excluding steroid dienone is 5. The fourth-order valence-electron chi connectivity index (χ4n) is 5.18. The molecular formula is C27H18V. The Kier molecular flexibility index (Phi) is 3.59. The Hall–Kier alpha value is -2.67. The average Bonchev–Trinajstić information content (AvgIpc) is 3.33. The molecule has 0 heterocycles. The first kappa shape index (κ1) is 16.3. The van der Waals surface area contributed by atoms with Crippen LogP contribution < -0.4 is 0 Å². The van der Waals surface area contributed by atoms with Crippen LogP contribution in [0.15, 0.2) is 78.9 Å². The summed E-state index contributed by atoms with van der Waals surface area (Å²) in [5.41, 5.74) is 14.2. The molecule has 3 aromatic carbocycles. The maximum atomic E-state index is 2.51. The second-order valence-corrected chi connectivity index (χ2v) is 8.10. The molecule has 0 amide bonds. The summed E-state index contributed by atoms with van der Waals surface area (Å²) in [5, 5.41) is 0. The Morgan fingerprint density at radius 1 is 0.821 bits per heavy atom. The third-order valence-electron chi connectivity index (χ3n) is 6.29. The molecule has 0 bridgehead atoms. The van der Waals surface area contributed by atoms with Crippen molar-refractivity contribution in [3.8, 4) is 11.1 Å². The molecule has 6 rings (SSSR count). The molecule has 3 aromatic rings. The van der Waals surface area contributed by atoms with E-state index >= 15 is 0 Å². The fourth-order valence-corrected chi connectivity index (χ4v) is 5.31. The summed E-state index contributed by atoms with van der Waals surface area (Å²) >= 11 is 2.51. The van der Waals surface area contributed by atoms with Crippen LogP contribution >= 0.6 is 0 Å². The van der Waals surface area contributed by atoms with Crippen LogP contribution in [-0.4, -0.2) is 4.73 Å². The molecule has 0 aliphatic heterocycles. The van der Waals surface area contributed by atoms with Gasteiger partial charge in [-0.15, -0.1) is 0 Å². The molecule has 0 saturated heterocycles. The van der Waals surface area contributed by atoms with E-state index in [1.165, 1.54) is 55.7 Å². The molecule has 0 spiro atoms. The monoisotopic (exact) mass is 393 g/mol. The van der Waals surface area contributed by atoms with E-state index in [0.717, 1.165) is 6.42 Å². The summed E-state index contributed by atoms with van der Waals surface area (Å²) in [6, 6.07) is 22.5. The first-order chi connectivity index (χ1) is 13.9. The van der Waals surface area contributed by atoms with Gasteiger partial charge in [0.15, 0.2) is 0 Å². The van der Waals surface area contributed by atoms with E-state index in [2.05, 4.69) is 102 Å². The molecule has 0 N–H and O–H groups in total. The Morgan fingerprint density at radius 3 is 2.50 bits per heavy atom. The molecule has 1 unspecified atom stereocenters. The summed E-state index contributed by atoms with van der Waals surface area (Å²) in [7, 11) is 0. The average molecular weight is 393 g/mol. The van der Waals surface area contributed by atoms with E-state index in [-0.39, 0.29) is 0 Å². The molecule has 28 heavy (non-hydrogen) atoms. The van der Waals surface area contributed by atoms with Gasteiger partial charge in [-0.25, -0.2) is 0 Å². The molecule has 0 fully saturated rings. The van der Waals surface area contributed by atoms with E-state index in [1.807, 2.05) is 4.73 Å². The molecule has 3 aliphatic rings. The summed E-state index contributed by atoms with van der Waals surface area (Å²) in [5.74, 6) is 0.354. The van der Waals surface area contributed by atoms with Gasteiger partial charge < -0.3 is 0 Å². The van der Waals surface area contributed by atoms with E-state index in [9.17, 15) is 0 Å². The van der Waals surface area contributed by atoms with Crippen LogP contribution in [0.3, 0.4) is 0 Å². The van der Waals surface area contributed by atoms with Crippen LogP contribution in [0.25, 0.3) is 28.3 Å². The van der Waals surface area contributed by atoms with Gasteiger partial charge in [0.2, 0.25) is 0 Å². The van der Waals surface area contributed by atoms with Gasteiger partial charge in [0.25, 0.3) is 0 Å². The van der Waals surface area contributed by atoms with Gasteiger partial charge in [0.1, 0.15) is 0 Å². The van der Waals surface area contributed by atoms with Crippen LogP contribution in [0.5, 0.6) is 0 Å². The van der Waals surface area contributed by atoms with E-state index in [4.69, 9.17) is 0 Å². The van der Waals surface area contributed by atoms with Gasteiger partial charge in [-0.1, -0.05) is 0 Å². The summed E-state index contributed by atoms with van der Waals surface area (Å²) in [6.45, 7) is 0. The van der Waals surface area contributed by atoms with Crippen molar-refractivity contribution in [2.75, 3.05) is 0 Å². The number of benzene rings is 3. The van der Waals surface area contributed by atoms with Crippen LogP contribution in [0.1, 0.15) is 39.3 Å². The van der Waals surface area contributed by atoms with Crippen LogP contribution in [0.2, 0.25) is 0 Å². The number of hydrogen-bond acceptors (Lipinski definition) is 0. The molecular weight excluding hydrogens is 375 g/mol. The van der Waals surface area contributed by atoms with Gasteiger partial charge in [0, 0.05) is 0 Å². The SMILES string of the molecule is [V]=[CH]C=CC1=CCc2c1ccc1c2C2=Cc3ccccc3C2c2ccccc2-1. The van der Waals surface area contributed by atoms with Crippen LogP contribution in [-0.2, 0) is 23.4 Å². The van der Waals surface area contributed by atoms with Crippen molar-refractivity contribution in [3.63, 3.8) is 0 Å². The first-order valence-electron chi connectivity index (χ1n) is 9.77. The Bertz CT molecular complexity index is 1250. The van der Waals surface area contributed by atoms with Gasteiger partial charge in [-0.2, -0.15) is 0 Å². The second kappa shape index (κ2) is 6.17. The van der Waals surface area contributed by atoms with Gasteiger partial charge in [0.05, 0.1) is 0 Å². The zero-order valence-electron chi connectivity index (χ0n) is 15.4. The second-order valence-electron chi connectivity index (χ2n) is 7.63. The molecule has 131 valence electrons. The standard InChI is InChI=1S/C27H18.V/c1-2-7-17-12-13-23-19(17)14-15-24-21-10-5-6-11-22(21)26-20-9-4-3-8-18(20)16-25(26)27(23)24;/h1-12,14-16,26H,13H2;. The van der Waals surface area contributed by atoms with Crippen LogP contribution in [0, 0.1) is 0 Å². The minimum absolute atomic E-state index is 0.354. The normalized spacial score (nSPS) is 17.9. The zero-order valence-corrected chi connectivity index (χ0v) is 16.8. The van der Waals surface area contributed by atoms with Gasteiger partial charge in [-0.05, 0) is 0 Å². The fraction of sp³-hybridized carbons (Fsp3) is 0.0741. The summed E-state index contributed by atoms with van der Waals surface area (Å²) in [4.78, 5) is 0. The molecule has 0 nitrogen and oxygen atoms in total. The van der Waals surface area contributed by atoms with Crippen molar-refractivity contribution in [1.29, 1.82) is 0 Å². The number of rotatable bonds is 2. The molecule has 1 atom stereocenters. The predicted molar refractivity (Wildman–Crippen MR) is 115 cm³/mol. The number of fused-ring (bicyclic) bond motifs is 10. The molecule has 1 heteroatoms. The van der Waals surface area contributed by atoms with Crippen molar-refractivity contribution in [1.82, 2.24) is 0 Å². The molecule has 0 radical (unpaired) electrons. The van der Waals surface area contributed by atoms with E-state index < -0.39 is 0 Å². The molecule has 3 aliphatic carbocycles. The van der Waals surface area contributed by atoms with Crippen molar-refractivity contribution >= 4 is 22.0 Å². The summed E-state index contributed by atoms with van der Waals surface area (Å²) in [6.07, 6.45) is 10.2. The van der Waals surface area contributed by atoms with E-state index in [1.54, 1.807) is 0 Å². The van der Waals surface area contributed by atoms with Gasteiger partial charge in [-0.3, -0.25) is 0 Å². The molecule has 0 saturated carbocycles. The van der Waals surface area contributed by atoms with Crippen molar-refractivity contribution in [2.24, 2.45) is 0 Å². The quantitative estimate of drug-likeness (QED) is 0.486. The van der Waals surface area contributed by atoms with Gasteiger partial charge >= 0.3 is 175 Å². The third kappa shape index (κ3) is 2.16. The van der Waals surface area contributed by atoms with Crippen molar-refractivity contribution in [2.45, 2.75) is 12.3 Å². The van der Waals surface area contributed by atoms with E-state index in [0.29, 0.717) is 5.92 Å². The van der Waals surface area contributed by atoms with Crippen molar-refractivity contribution < 1.29 is 17.0 Å². The Labute approximate surface area is 174 Å². The zero-order chi connectivity index (χ0) is 18.7. The first-order valence-corrected chi connectivity index (χ1v) is 10.6. The topological polar surface area (TPSA) is 0 Å². The minimum atomic E-state index is 0.354. The molecule has 0 aromatic heterocycles. The maximum absolute atomic E-state index is 2.51. The Morgan fingerprint density at radius 2 is 1.61 bits per heavy atom.